The average molecular weight is 339 g/mol. The fourth-order valence-electron chi connectivity index (χ4n) is 3.19. The zero-order valence-corrected chi connectivity index (χ0v) is 13.8. The number of hydrogen-bond donors (Lipinski definition) is 1. The highest BCUT2D eigenvalue weighted by molar-refractivity contribution is 9.10. The number of nitrogens with zero attached hydrogens (tertiary/aromatic N) is 1. The molecular formula is C16H23BrN2O. The molecule has 1 fully saturated rings. The number of hydrogen-bond acceptors (Lipinski definition) is 2. The summed E-state index contributed by atoms with van der Waals surface area (Å²) in [7, 11) is 1.91. The van der Waals surface area contributed by atoms with Crippen molar-refractivity contribution in [3.8, 4) is 0 Å². The predicted octanol–water partition coefficient (Wildman–Crippen LogP) is 3.35. The van der Waals surface area contributed by atoms with E-state index < -0.39 is 0 Å². The molecule has 110 valence electrons. The second-order valence-corrected chi connectivity index (χ2v) is 6.70. The highest BCUT2D eigenvalue weighted by atomic mass is 79.9. The van der Waals surface area contributed by atoms with Gasteiger partial charge in [-0.1, -0.05) is 28.8 Å². The number of aryl methyl sites for hydroxylation is 1. The molecular weight excluding hydrogens is 316 g/mol. The van der Waals surface area contributed by atoms with Gasteiger partial charge in [-0.2, -0.15) is 0 Å². The van der Waals surface area contributed by atoms with Gasteiger partial charge in [0.15, 0.2) is 0 Å². The lowest BCUT2D eigenvalue weighted by molar-refractivity contribution is 0.0620. The highest BCUT2D eigenvalue weighted by Gasteiger charge is 2.30. The van der Waals surface area contributed by atoms with Crippen LogP contribution in [0.4, 0.5) is 0 Å². The molecule has 4 heteroatoms. The monoisotopic (exact) mass is 338 g/mol. The van der Waals surface area contributed by atoms with Crippen LogP contribution >= 0.6 is 15.9 Å². The summed E-state index contributed by atoms with van der Waals surface area (Å²) in [6, 6.07) is 6.14. The van der Waals surface area contributed by atoms with Gasteiger partial charge in [0, 0.05) is 23.1 Å². The number of benzene rings is 1. The van der Waals surface area contributed by atoms with Crippen LogP contribution in [-0.4, -0.2) is 30.4 Å². The van der Waals surface area contributed by atoms with Crippen LogP contribution in [-0.2, 0) is 0 Å². The van der Waals surface area contributed by atoms with Crippen LogP contribution in [0.25, 0.3) is 0 Å². The molecule has 1 aliphatic rings. The van der Waals surface area contributed by atoms with Crippen molar-refractivity contribution in [1.82, 2.24) is 4.90 Å². The van der Waals surface area contributed by atoms with Gasteiger partial charge in [0.05, 0.1) is 0 Å². The number of rotatable bonds is 3. The normalized spacial score (nSPS) is 22.6. The first-order valence-electron chi connectivity index (χ1n) is 7.27. The summed E-state index contributed by atoms with van der Waals surface area (Å²) >= 11 is 3.46. The number of amides is 1. The predicted molar refractivity (Wildman–Crippen MR) is 85.8 cm³/mol. The maximum absolute atomic E-state index is 12.7. The van der Waals surface area contributed by atoms with Gasteiger partial charge in [-0.05, 0) is 56.0 Å². The number of carbonyl (C=O) groups is 1. The van der Waals surface area contributed by atoms with Crippen LogP contribution in [0.2, 0.25) is 0 Å². The van der Waals surface area contributed by atoms with Crippen LogP contribution in [0, 0.1) is 12.8 Å². The quantitative estimate of drug-likeness (QED) is 0.918. The molecule has 0 spiro atoms. The summed E-state index contributed by atoms with van der Waals surface area (Å²) in [5, 5.41) is 0. The Labute approximate surface area is 129 Å². The Balaban J connectivity index is 2.18. The molecule has 3 nitrogen and oxygen atoms in total. The molecule has 1 aromatic carbocycles. The molecule has 1 saturated carbocycles. The Morgan fingerprint density at radius 2 is 2.05 bits per heavy atom. The molecule has 0 radical (unpaired) electrons. The van der Waals surface area contributed by atoms with Crippen molar-refractivity contribution in [2.75, 3.05) is 13.6 Å². The Hall–Kier alpha value is -0.870. The third-order valence-corrected chi connectivity index (χ3v) is 4.74. The third-order valence-electron chi connectivity index (χ3n) is 4.28. The Morgan fingerprint density at radius 1 is 1.35 bits per heavy atom. The second kappa shape index (κ2) is 6.72. The molecule has 2 rings (SSSR count). The number of nitrogens with two attached hydrogens (primary N) is 1. The summed E-state index contributed by atoms with van der Waals surface area (Å²) in [5.74, 6) is 0.533. The van der Waals surface area contributed by atoms with E-state index in [2.05, 4.69) is 15.9 Å². The minimum Gasteiger partial charge on any atom is -0.338 e. The van der Waals surface area contributed by atoms with E-state index >= 15 is 0 Å². The van der Waals surface area contributed by atoms with E-state index in [-0.39, 0.29) is 11.9 Å². The lowest BCUT2D eigenvalue weighted by Crippen LogP contribution is -2.45. The number of halogens is 1. The van der Waals surface area contributed by atoms with Crippen LogP contribution < -0.4 is 5.73 Å². The average Bonchev–Trinajstić information content (AvgIpc) is 2.44. The Kier molecular flexibility index (Phi) is 5.22. The van der Waals surface area contributed by atoms with Gasteiger partial charge in [-0.3, -0.25) is 4.79 Å². The number of carbonyl (C=O) groups excluding carboxylic acids is 1. The first kappa shape index (κ1) is 15.5. The summed E-state index contributed by atoms with van der Waals surface area (Å²) < 4.78 is 0.952. The van der Waals surface area contributed by atoms with Crippen molar-refractivity contribution in [2.45, 2.75) is 38.6 Å². The zero-order valence-electron chi connectivity index (χ0n) is 12.2. The van der Waals surface area contributed by atoms with Crippen molar-refractivity contribution >= 4 is 21.8 Å². The smallest absolute Gasteiger partial charge is 0.253 e. The molecule has 20 heavy (non-hydrogen) atoms. The largest absolute Gasteiger partial charge is 0.338 e. The van der Waals surface area contributed by atoms with Crippen LogP contribution in [0.15, 0.2) is 22.7 Å². The van der Waals surface area contributed by atoms with Crippen molar-refractivity contribution in [2.24, 2.45) is 11.7 Å². The summed E-state index contributed by atoms with van der Waals surface area (Å²) in [6.45, 7) is 2.67. The lowest BCUT2D eigenvalue weighted by Gasteiger charge is -2.37. The standard InChI is InChI=1S/C16H23BrN2O/c1-11-7-13(9-14(17)8-11)16(20)19(2)15-6-4-3-5-12(15)10-18/h7-9,12,15H,3-6,10,18H2,1-2H3. The molecule has 2 atom stereocenters. The van der Waals surface area contributed by atoms with E-state index in [0.29, 0.717) is 12.5 Å². The third kappa shape index (κ3) is 3.41. The van der Waals surface area contributed by atoms with E-state index in [1.165, 1.54) is 12.8 Å². The van der Waals surface area contributed by atoms with Gasteiger partial charge in [0.1, 0.15) is 0 Å². The van der Waals surface area contributed by atoms with Gasteiger partial charge in [-0.25, -0.2) is 0 Å². The van der Waals surface area contributed by atoms with Crippen LogP contribution in [0.5, 0.6) is 0 Å². The van der Waals surface area contributed by atoms with E-state index in [0.717, 1.165) is 28.4 Å². The molecule has 2 unspecified atom stereocenters. The summed E-state index contributed by atoms with van der Waals surface area (Å²) in [4.78, 5) is 14.6. The van der Waals surface area contributed by atoms with Crippen LogP contribution in [0.3, 0.4) is 0 Å². The van der Waals surface area contributed by atoms with Gasteiger partial charge in [0.2, 0.25) is 0 Å². The highest BCUT2D eigenvalue weighted by Crippen LogP contribution is 2.28. The summed E-state index contributed by atoms with van der Waals surface area (Å²) in [5.41, 5.74) is 7.72. The van der Waals surface area contributed by atoms with Gasteiger partial charge < -0.3 is 10.6 Å². The molecule has 0 bridgehead atoms. The minimum absolute atomic E-state index is 0.0970. The summed E-state index contributed by atoms with van der Waals surface area (Å²) in [6.07, 6.45) is 4.63. The molecule has 1 aliphatic carbocycles. The van der Waals surface area contributed by atoms with Gasteiger partial charge in [-0.15, -0.1) is 0 Å². The Morgan fingerprint density at radius 3 is 2.70 bits per heavy atom. The maximum Gasteiger partial charge on any atom is 0.253 e. The van der Waals surface area contributed by atoms with Gasteiger partial charge in [0.25, 0.3) is 5.91 Å². The fraction of sp³-hybridized carbons (Fsp3) is 0.562. The van der Waals surface area contributed by atoms with Crippen molar-refractivity contribution in [1.29, 1.82) is 0 Å². The minimum atomic E-state index is 0.0970. The first-order chi connectivity index (χ1) is 9.52. The van der Waals surface area contributed by atoms with E-state index in [9.17, 15) is 4.79 Å². The molecule has 0 heterocycles. The second-order valence-electron chi connectivity index (χ2n) is 5.78. The molecule has 0 aromatic heterocycles. The van der Waals surface area contributed by atoms with E-state index in [1.807, 2.05) is 37.1 Å². The van der Waals surface area contributed by atoms with Crippen molar-refractivity contribution < 1.29 is 4.79 Å². The van der Waals surface area contributed by atoms with Crippen LogP contribution in [0.1, 0.15) is 41.6 Å². The lowest BCUT2D eigenvalue weighted by atomic mass is 9.83. The maximum atomic E-state index is 12.7. The first-order valence-corrected chi connectivity index (χ1v) is 8.06. The topological polar surface area (TPSA) is 46.3 Å². The molecule has 0 aliphatic heterocycles. The fourth-order valence-corrected chi connectivity index (χ4v) is 3.79. The van der Waals surface area contributed by atoms with Crippen molar-refractivity contribution in [3.05, 3.63) is 33.8 Å². The molecule has 1 amide bonds. The molecule has 1 aromatic rings. The van der Waals surface area contributed by atoms with E-state index in [4.69, 9.17) is 5.73 Å². The van der Waals surface area contributed by atoms with E-state index in [1.54, 1.807) is 0 Å². The van der Waals surface area contributed by atoms with Crippen molar-refractivity contribution in [3.63, 3.8) is 0 Å². The SMILES string of the molecule is Cc1cc(Br)cc(C(=O)N(C)C2CCCCC2CN)c1. The van der Waals surface area contributed by atoms with Gasteiger partial charge >= 0.3 is 0 Å². The molecule has 2 N–H and O–H groups in total. The zero-order chi connectivity index (χ0) is 14.7. The molecule has 0 saturated heterocycles. The Bertz CT molecular complexity index is 469.